The van der Waals surface area contributed by atoms with Gasteiger partial charge in [-0.3, -0.25) is 14.9 Å². The molecule has 10 heteroatoms. The van der Waals surface area contributed by atoms with E-state index in [1.165, 1.54) is 27.4 Å². The average Bonchev–Trinajstić information content (AvgIpc) is 3.15. The minimum absolute atomic E-state index is 0.0472. The van der Waals surface area contributed by atoms with Crippen molar-refractivity contribution in [1.29, 1.82) is 0 Å². The van der Waals surface area contributed by atoms with Crippen molar-refractivity contribution in [3.63, 3.8) is 0 Å². The standard InChI is InChI=1S/C23H26N4O6/c1-14-12-15(2)26(25-14)17-8-6-16(7-9-17)10-11-24-23(28)18-13-19(31-3)21(32-4)22(33-5)20(18)27(29)30/h6-9,12-13H,10-11H2,1-5H3,(H,24,28). The van der Waals surface area contributed by atoms with Gasteiger partial charge >= 0.3 is 5.69 Å². The first-order valence-corrected chi connectivity index (χ1v) is 10.2. The summed E-state index contributed by atoms with van der Waals surface area (Å²) in [6.07, 6.45) is 0.543. The van der Waals surface area contributed by atoms with Crippen molar-refractivity contribution < 1.29 is 23.9 Å². The average molecular weight is 454 g/mol. The Balaban J connectivity index is 1.74. The van der Waals surface area contributed by atoms with E-state index >= 15 is 0 Å². The zero-order valence-corrected chi connectivity index (χ0v) is 19.2. The van der Waals surface area contributed by atoms with Gasteiger partial charge in [0.15, 0.2) is 5.75 Å². The third-order valence-corrected chi connectivity index (χ3v) is 5.12. The lowest BCUT2D eigenvalue weighted by molar-refractivity contribution is -0.386. The highest BCUT2D eigenvalue weighted by atomic mass is 16.6. The van der Waals surface area contributed by atoms with Gasteiger partial charge < -0.3 is 19.5 Å². The molecule has 1 amide bonds. The van der Waals surface area contributed by atoms with Crippen molar-refractivity contribution in [2.45, 2.75) is 20.3 Å². The zero-order chi connectivity index (χ0) is 24.1. The molecule has 0 fully saturated rings. The van der Waals surface area contributed by atoms with E-state index < -0.39 is 16.5 Å². The van der Waals surface area contributed by atoms with Gasteiger partial charge in [-0.2, -0.15) is 5.10 Å². The van der Waals surface area contributed by atoms with Gasteiger partial charge in [-0.15, -0.1) is 0 Å². The molecule has 33 heavy (non-hydrogen) atoms. The summed E-state index contributed by atoms with van der Waals surface area (Å²) >= 11 is 0. The molecule has 0 atom stereocenters. The summed E-state index contributed by atoms with van der Waals surface area (Å²) in [6, 6.07) is 11.1. The third-order valence-electron chi connectivity index (χ3n) is 5.12. The van der Waals surface area contributed by atoms with Crippen LogP contribution in [0.4, 0.5) is 5.69 Å². The molecule has 1 aromatic heterocycles. The second-order valence-corrected chi connectivity index (χ2v) is 7.31. The minimum Gasteiger partial charge on any atom is -0.493 e. The largest absolute Gasteiger partial charge is 0.493 e. The molecule has 174 valence electrons. The second-order valence-electron chi connectivity index (χ2n) is 7.31. The highest BCUT2D eigenvalue weighted by Crippen LogP contribution is 2.46. The van der Waals surface area contributed by atoms with E-state index in [2.05, 4.69) is 10.4 Å². The Labute approximate surface area is 191 Å². The van der Waals surface area contributed by atoms with Crippen molar-refractivity contribution in [2.24, 2.45) is 0 Å². The number of amides is 1. The van der Waals surface area contributed by atoms with Gasteiger partial charge in [0.1, 0.15) is 5.56 Å². The van der Waals surface area contributed by atoms with E-state index in [0.717, 1.165) is 22.6 Å². The van der Waals surface area contributed by atoms with Gasteiger partial charge in [0.25, 0.3) is 5.91 Å². The van der Waals surface area contributed by atoms with Crippen molar-refractivity contribution >= 4 is 11.6 Å². The summed E-state index contributed by atoms with van der Waals surface area (Å²) in [7, 11) is 3.98. The molecule has 0 radical (unpaired) electrons. The van der Waals surface area contributed by atoms with Crippen LogP contribution in [0, 0.1) is 24.0 Å². The van der Waals surface area contributed by atoms with Crippen LogP contribution in [0.2, 0.25) is 0 Å². The van der Waals surface area contributed by atoms with Crippen LogP contribution in [-0.2, 0) is 6.42 Å². The summed E-state index contributed by atoms with van der Waals surface area (Å²) in [5, 5.41) is 18.9. The Morgan fingerprint density at radius 1 is 1.06 bits per heavy atom. The molecule has 0 aliphatic heterocycles. The van der Waals surface area contributed by atoms with Crippen LogP contribution < -0.4 is 19.5 Å². The first kappa shape index (κ1) is 23.6. The number of nitrogens with zero attached hydrogens (tertiary/aromatic N) is 3. The quantitative estimate of drug-likeness (QED) is 0.389. The van der Waals surface area contributed by atoms with Crippen LogP contribution in [0.5, 0.6) is 17.2 Å². The van der Waals surface area contributed by atoms with Gasteiger partial charge in [0.05, 0.1) is 37.6 Å². The molecule has 3 rings (SSSR count). The number of hydrogen-bond acceptors (Lipinski definition) is 7. The maximum absolute atomic E-state index is 12.8. The minimum atomic E-state index is -0.673. The predicted octanol–water partition coefficient (Wildman–Crippen LogP) is 3.40. The monoisotopic (exact) mass is 454 g/mol. The number of carbonyl (C=O) groups excluding carboxylic acids is 1. The number of aryl methyl sites for hydroxylation is 2. The molecule has 0 unspecified atom stereocenters. The smallest absolute Gasteiger partial charge is 0.327 e. The molecule has 0 saturated heterocycles. The second kappa shape index (κ2) is 10.0. The van der Waals surface area contributed by atoms with E-state index in [9.17, 15) is 14.9 Å². The Morgan fingerprint density at radius 3 is 2.24 bits per heavy atom. The van der Waals surface area contributed by atoms with E-state index in [1.54, 1.807) is 0 Å². The summed E-state index contributed by atoms with van der Waals surface area (Å²) in [5.74, 6) is -0.581. The number of hydrogen-bond donors (Lipinski definition) is 1. The van der Waals surface area contributed by atoms with Crippen LogP contribution in [0.25, 0.3) is 5.69 Å². The fraction of sp³-hybridized carbons (Fsp3) is 0.304. The summed E-state index contributed by atoms with van der Waals surface area (Å²) in [5.41, 5.74) is 3.28. The summed E-state index contributed by atoms with van der Waals surface area (Å²) in [4.78, 5) is 23.8. The van der Waals surface area contributed by atoms with Crippen molar-refractivity contribution in [2.75, 3.05) is 27.9 Å². The van der Waals surface area contributed by atoms with Gasteiger partial charge in [-0.05, 0) is 44.0 Å². The Morgan fingerprint density at radius 2 is 1.73 bits per heavy atom. The molecule has 0 spiro atoms. The molecule has 2 aromatic carbocycles. The number of nitro benzene ring substituents is 1. The molecule has 0 aliphatic carbocycles. The predicted molar refractivity (Wildman–Crippen MR) is 122 cm³/mol. The molecule has 0 aliphatic rings. The Kier molecular flexibility index (Phi) is 7.17. The molecular formula is C23H26N4O6. The lowest BCUT2D eigenvalue weighted by atomic mass is 10.1. The Bertz CT molecular complexity index is 1170. The number of ether oxygens (including phenoxy) is 3. The SMILES string of the molecule is COc1cc(C(=O)NCCc2ccc(-n3nc(C)cc3C)cc2)c([N+](=O)[O-])c(OC)c1OC. The van der Waals surface area contributed by atoms with Crippen molar-refractivity contribution in [3.8, 4) is 22.9 Å². The maximum atomic E-state index is 12.8. The highest BCUT2D eigenvalue weighted by Gasteiger charge is 2.32. The lowest BCUT2D eigenvalue weighted by Crippen LogP contribution is -2.26. The van der Waals surface area contributed by atoms with Crippen LogP contribution >= 0.6 is 0 Å². The van der Waals surface area contributed by atoms with E-state index in [4.69, 9.17) is 14.2 Å². The maximum Gasteiger partial charge on any atom is 0.327 e. The third kappa shape index (κ3) is 4.89. The van der Waals surface area contributed by atoms with Gasteiger partial charge in [0.2, 0.25) is 11.5 Å². The van der Waals surface area contributed by atoms with Gasteiger partial charge in [-0.1, -0.05) is 12.1 Å². The van der Waals surface area contributed by atoms with Crippen molar-refractivity contribution in [1.82, 2.24) is 15.1 Å². The van der Waals surface area contributed by atoms with Crippen LogP contribution in [0.15, 0.2) is 36.4 Å². The van der Waals surface area contributed by atoms with Gasteiger partial charge in [0, 0.05) is 18.3 Å². The molecule has 1 heterocycles. The molecule has 3 aromatic rings. The highest BCUT2D eigenvalue weighted by molar-refractivity contribution is 6.00. The molecular weight excluding hydrogens is 428 g/mol. The number of methoxy groups -OCH3 is 3. The number of carbonyl (C=O) groups is 1. The van der Waals surface area contributed by atoms with E-state index in [-0.39, 0.29) is 29.4 Å². The number of rotatable bonds is 9. The Hall–Kier alpha value is -4.08. The molecule has 1 N–H and O–H groups in total. The van der Waals surface area contributed by atoms with E-state index in [1.807, 2.05) is 48.9 Å². The normalized spacial score (nSPS) is 10.6. The molecule has 0 bridgehead atoms. The fourth-order valence-electron chi connectivity index (χ4n) is 3.61. The first-order valence-electron chi connectivity index (χ1n) is 10.2. The summed E-state index contributed by atoms with van der Waals surface area (Å²) in [6.45, 7) is 4.22. The van der Waals surface area contributed by atoms with Crippen LogP contribution in [0.1, 0.15) is 27.3 Å². The lowest BCUT2D eigenvalue weighted by Gasteiger charge is -2.15. The van der Waals surface area contributed by atoms with Crippen molar-refractivity contribution in [3.05, 3.63) is 69.0 Å². The molecule has 0 saturated carbocycles. The number of benzene rings is 2. The van der Waals surface area contributed by atoms with E-state index in [0.29, 0.717) is 6.42 Å². The first-order chi connectivity index (χ1) is 15.8. The fourth-order valence-corrected chi connectivity index (χ4v) is 3.61. The zero-order valence-electron chi connectivity index (χ0n) is 19.2. The van der Waals surface area contributed by atoms with Gasteiger partial charge in [-0.25, -0.2) is 4.68 Å². The van der Waals surface area contributed by atoms with Crippen LogP contribution in [-0.4, -0.2) is 48.5 Å². The van der Waals surface area contributed by atoms with Crippen LogP contribution in [0.3, 0.4) is 0 Å². The summed E-state index contributed by atoms with van der Waals surface area (Å²) < 4.78 is 17.4. The number of nitrogens with one attached hydrogen (secondary N) is 1. The molecule has 10 nitrogen and oxygen atoms in total. The number of aromatic nitrogens is 2. The topological polar surface area (TPSA) is 118 Å². The number of nitro groups is 1.